The third-order valence-corrected chi connectivity index (χ3v) is 2.71. The van der Waals surface area contributed by atoms with Crippen LogP contribution in [0.25, 0.3) is 0 Å². The van der Waals surface area contributed by atoms with E-state index in [2.05, 4.69) is 5.32 Å². The van der Waals surface area contributed by atoms with Gasteiger partial charge >= 0.3 is 12.0 Å². The van der Waals surface area contributed by atoms with E-state index in [0.29, 0.717) is 31.2 Å². The number of nitrogens with one attached hydrogen (secondary N) is 1. The molecule has 2 N–H and O–H groups in total. The van der Waals surface area contributed by atoms with Crippen molar-refractivity contribution in [1.82, 2.24) is 10.2 Å². The third-order valence-electron chi connectivity index (χ3n) is 2.71. The molecule has 6 nitrogen and oxygen atoms in total. The fraction of sp³-hybridized carbons (Fsp3) is 0.455. The number of carboxylic acid groups (broad SMARTS) is 1. The molecule has 0 spiro atoms. The molecule has 1 fully saturated rings. The molecule has 2 amide bonds. The number of aromatic carboxylic acids is 1. The molecule has 1 saturated heterocycles. The molecule has 17 heavy (non-hydrogen) atoms. The zero-order valence-corrected chi connectivity index (χ0v) is 9.52. The van der Waals surface area contributed by atoms with Gasteiger partial charge in [0.2, 0.25) is 0 Å². The van der Waals surface area contributed by atoms with Crippen molar-refractivity contribution < 1.29 is 19.1 Å². The Hall–Kier alpha value is -1.98. The van der Waals surface area contributed by atoms with Crippen LogP contribution in [-0.4, -0.2) is 35.1 Å². The lowest BCUT2D eigenvalue weighted by Crippen LogP contribution is -2.45. The number of rotatable bonds is 3. The van der Waals surface area contributed by atoms with E-state index < -0.39 is 5.97 Å². The second kappa shape index (κ2) is 4.48. The summed E-state index contributed by atoms with van der Waals surface area (Å²) in [7, 11) is 0. The van der Waals surface area contributed by atoms with E-state index in [-0.39, 0.29) is 11.6 Å². The molecule has 2 rings (SSSR count). The van der Waals surface area contributed by atoms with Gasteiger partial charge in [0.25, 0.3) is 0 Å². The SMILES string of the molecule is Cc1oc(CN2CCCNC2=O)cc1C(=O)O. The van der Waals surface area contributed by atoms with Crippen molar-refractivity contribution >= 4 is 12.0 Å². The standard InChI is InChI=1S/C11H14N2O4/c1-7-9(10(14)15)5-8(17-7)6-13-4-2-3-12-11(13)16/h5H,2-4,6H2,1H3,(H,12,16)(H,14,15). The van der Waals surface area contributed by atoms with Crippen LogP contribution in [0.15, 0.2) is 10.5 Å². The molecule has 0 aromatic carbocycles. The van der Waals surface area contributed by atoms with Crippen LogP contribution in [0.4, 0.5) is 4.79 Å². The van der Waals surface area contributed by atoms with E-state index >= 15 is 0 Å². The van der Waals surface area contributed by atoms with Gasteiger partial charge in [-0.15, -0.1) is 0 Å². The predicted molar refractivity (Wildman–Crippen MR) is 58.8 cm³/mol. The van der Waals surface area contributed by atoms with Crippen LogP contribution in [0.2, 0.25) is 0 Å². The Kier molecular flexibility index (Phi) is 3.03. The molecule has 0 radical (unpaired) electrons. The van der Waals surface area contributed by atoms with E-state index in [0.717, 1.165) is 6.42 Å². The normalized spacial score (nSPS) is 15.8. The molecular weight excluding hydrogens is 224 g/mol. The maximum atomic E-state index is 11.5. The van der Waals surface area contributed by atoms with Crippen molar-refractivity contribution in [3.8, 4) is 0 Å². The van der Waals surface area contributed by atoms with Crippen LogP contribution in [-0.2, 0) is 6.54 Å². The summed E-state index contributed by atoms with van der Waals surface area (Å²) in [6.45, 7) is 3.25. The van der Waals surface area contributed by atoms with Crippen LogP contribution in [0, 0.1) is 6.92 Å². The maximum absolute atomic E-state index is 11.5. The number of hydrogen-bond donors (Lipinski definition) is 2. The van der Waals surface area contributed by atoms with Gasteiger partial charge in [0.1, 0.15) is 17.1 Å². The minimum atomic E-state index is -1.01. The molecule has 92 valence electrons. The lowest BCUT2D eigenvalue weighted by atomic mass is 10.2. The highest BCUT2D eigenvalue weighted by Crippen LogP contribution is 2.17. The summed E-state index contributed by atoms with van der Waals surface area (Å²) in [5.41, 5.74) is 0.150. The lowest BCUT2D eigenvalue weighted by molar-refractivity contribution is 0.0695. The Labute approximate surface area is 98.2 Å². The summed E-state index contributed by atoms with van der Waals surface area (Å²) in [6, 6.07) is 1.33. The van der Waals surface area contributed by atoms with Gasteiger partial charge in [-0.3, -0.25) is 0 Å². The Bertz CT molecular complexity index is 452. The van der Waals surface area contributed by atoms with Gasteiger partial charge in [-0.1, -0.05) is 0 Å². The topological polar surface area (TPSA) is 82.8 Å². The Morgan fingerprint density at radius 3 is 3.00 bits per heavy atom. The predicted octanol–water partition coefficient (Wildman–Crippen LogP) is 1.20. The van der Waals surface area contributed by atoms with Crippen molar-refractivity contribution in [1.29, 1.82) is 0 Å². The first-order valence-corrected chi connectivity index (χ1v) is 5.43. The summed E-state index contributed by atoms with van der Waals surface area (Å²) in [6.07, 6.45) is 0.886. The quantitative estimate of drug-likeness (QED) is 0.828. The zero-order valence-electron chi connectivity index (χ0n) is 9.52. The number of aryl methyl sites for hydroxylation is 1. The Balaban J connectivity index is 2.10. The molecule has 1 aliphatic rings. The van der Waals surface area contributed by atoms with Crippen molar-refractivity contribution in [2.75, 3.05) is 13.1 Å². The van der Waals surface area contributed by atoms with Crippen molar-refractivity contribution in [3.63, 3.8) is 0 Å². The summed E-state index contributed by atoms with van der Waals surface area (Å²) in [5.74, 6) is -0.150. The average Bonchev–Trinajstić information content (AvgIpc) is 2.63. The number of carbonyl (C=O) groups excluding carboxylic acids is 1. The van der Waals surface area contributed by atoms with Crippen molar-refractivity contribution in [3.05, 3.63) is 23.2 Å². The number of carbonyl (C=O) groups is 2. The second-order valence-electron chi connectivity index (χ2n) is 3.99. The Morgan fingerprint density at radius 2 is 2.41 bits per heavy atom. The van der Waals surface area contributed by atoms with Gasteiger partial charge in [0, 0.05) is 13.1 Å². The van der Waals surface area contributed by atoms with Gasteiger partial charge in [-0.25, -0.2) is 9.59 Å². The molecular formula is C11H14N2O4. The van der Waals surface area contributed by atoms with Gasteiger partial charge in [-0.05, 0) is 19.4 Å². The van der Waals surface area contributed by atoms with E-state index in [4.69, 9.17) is 9.52 Å². The molecule has 1 aromatic rings. The summed E-state index contributed by atoms with van der Waals surface area (Å²) in [4.78, 5) is 23.9. The van der Waals surface area contributed by atoms with Crippen LogP contribution >= 0.6 is 0 Å². The number of amides is 2. The fourth-order valence-electron chi connectivity index (χ4n) is 1.85. The van der Waals surface area contributed by atoms with Gasteiger partial charge in [0.15, 0.2) is 0 Å². The first kappa shape index (κ1) is 11.5. The van der Waals surface area contributed by atoms with Crippen LogP contribution in [0.3, 0.4) is 0 Å². The molecule has 0 aliphatic carbocycles. The van der Waals surface area contributed by atoms with Crippen molar-refractivity contribution in [2.24, 2.45) is 0 Å². The van der Waals surface area contributed by atoms with Gasteiger partial charge in [0.05, 0.1) is 6.54 Å². The smallest absolute Gasteiger partial charge is 0.339 e. The number of urea groups is 1. The fourth-order valence-corrected chi connectivity index (χ4v) is 1.85. The monoisotopic (exact) mass is 238 g/mol. The van der Waals surface area contributed by atoms with Gasteiger partial charge in [-0.2, -0.15) is 0 Å². The molecule has 2 heterocycles. The summed E-state index contributed by atoms with van der Waals surface area (Å²) in [5, 5.41) is 11.6. The number of hydrogen-bond acceptors (Lipinski definition) is 3. The van der Waals surface area contributed by atoms with Crippen LogP contribution < -0.4 is 5.32 Å². The molecule has 1 aliphatic heterocycles. The van der Waals surface area contributed by atoms with Crippen LogP contribution in [0.1, 0.15) is 28.3 Å². The number of furan rings is 1. The van der Waals surface area contributed by atoms with E-state index in [1.165, 1.54) is 6.07 Å². The highest BCUT2D eigenvalue weighted by atomic mass is 16.4. The number of nitrogens with zero attached hydrogens (tertiary/aromatic N) is 1. The largest absolute Gasteiger partial charge is 0.478 e. The Morgan fingerprint density at radius 1 is 1.65 bits per heavy atom. The molecule has 0 unspecified atom stereocenters. The molecule has 0 bridgehead atoms. The number of carboxylic acids is 1. The third kappa shape index (κ3) is 2.41. The lowest BCUT2D eigenvalue weighted by Gasteiger charge is -2.26. The van der Waals surface area contributed by atoms with E-state index in [1.54, 1.807) is 11.8 Å². The highest BCUT2D eigenvalue weighted by Gasteiger charge is 2.21. The maximum Gasteiger partial charge on any atom is 0.339 e. The van der Waals surface area contributed by atoms with Crippen LogP contribution in [0.5, 0.6) is 0 Å². The minimum Gasteiger partial charge on any atom is -0.478 e. The second-order valence-corrected chi connectivity index (χ2v) is 3.99. The van der Waals surface area contributed by atoms with E-state index in [1.807, 2.05) is 0 Å². The molecule has 0 atom stereocenters. The summed E-state index contributed by atoms with van der Waals surface area (Å²) >= 11 is 0. The minimum absolute atomic E-state index is 0.137. The van der Waals surface area contributed by atoms with Gasteiger partial charge < -0.3 is 19.7 Å². The molecule has 1 aromatic heterocycles. The molecule has 0 saturated carbocycles. The van der Waals surface area contributed by atoms with Crippen molar-refractivity contribution in [2.45, 2.75) is 19.9 Å². The first-order valence-electron chi connectivity index (χ1n) is 5.43. The zero-order chi connectivity index (χ0) is 12.4. The summed E-state index contributed by atoms with van der Waals surface area (Å²) < 4.78 is 5.32. The molecule has 6 heteroatoms. The van der Waals surface area contributed by atoms with E-state index in [9.17, 15) is 9.59 Å². The highest BCUT2D eigenvalue weighted by molar-refractivity contribution is 5.88. The first-order chi connectivity index (χ1) is 8.08. The average molecular weight is 238 g/mol.